The minimum absolute atomic E-state index is 0.476. The molecule has 0 spiro atoms. The van der Waals surface area contributed by atoms with Gasteiger partial charge in [-0.3, -0.25) is 15.4 Å². The molecule has 2 rings (SSSR count). The first-order valence-electron chi connectivity index (χ1n) is 5.31. The van der Waals surface area contributed by atoms with Crippen LogP contribution in [0.25, 0.3) is 0 Å². The zero-order valence-electron chi connectivity index (χ0n) is 9.56. The van der Waals surface area contributed by atoms with E-state index in [1.807, 2.05) is 12.1 Å². The van der Waals surface area contributed by atoms with E-state index in [4.69, 9.17) is 5.41 Å². The van der Waals surface area contributed by atoms with Gasteiger partial charge in [0, 0.05) is 36.6 Å². The van der Waals surface area contributed by atoms with Crippen molar-refractivity contribution in [1.29, 1.82) is 5.41 Å². The van der Waals surface area contributed by atoms with Crippen molar-refractivity contribution in [3.8, 4) is 0 Å². The standard InChI is InChI=1S/C13H11N5/c14-10-18-13(12-3-7-16-8-4-12)17-9-11-1-5-15-6-2-11/h1-10,14H. The zero-order chi connectivity index (χ0) is 12.6. The van der Waals surface area contributed by atoms with Gasteiger partial charge in [0.15, 0.2) is 5.84 Å². The van der Waals surface area contributed by atoms with E-state index in [9.17, 15) is 0 Å². The summed E-state index contributed by atoms with van der Waals surface area (Å²) in [6.07, 6.45) is 9.38. The van der Waals surface area contributed by atoms with Gasteiger partial charge in [-0.1, -0.05) is 0 Å². The van der Waals surface area contributed by atoms with Crippen molar-refractivity contribution in [3.05, 3.63) is 60.2 Å². The van der Waals surface area contributed by atoms with Gasteiger partial charge in [0.25, 0.3) is 0 Å². The number of rotatable bonds is 3. The molecule has 0 unspecified atom stereocenters. The molecule has 5 heteroatoms. The number of hydrogen-bond donors (Lipinski definition) is 1. The lowest BCUT2D eigenvalue weighted by atomic mass is 10.2. The van der Waals surface area contributed by atoms with Crippen molar-refractivity contribution < 1.29 is 0 Å². The Morgan fingerprint density at radius 3 is 2.22 bits per heavy atom. The van der Waals surface area contributed by atoms with Gasteiger partial charge in [-0.25, -0.2) is 9.98 Å². The Bertz CT molecular complexity index is 560. The van der Waals surface area contributed by atoms with Crippen LogP contribution < -0.4 is 0 Å². The van der Waals surface area contributed by atoms with Crippen molar-refractivity contribution >= 4 is 18.4 Å². The predicted octanol–water partition coefficient (Wildman–Crippen LogP) is 1.95. The van der Waals surface area contributed by atoms with E-state index in [2.05, 4.69) is 20.0 Å². The Hall–Kier alpha value is -2.69. The number of nitrogens with one attached hydrogen (secondary N) is 1. The summed E-state index contributed by atoms with van der Waals surface area (Å²) < 4.78 is 0. The first kappa shape index (κ1) is 11.8. The van der Waals surface area contributed by atoms with Crippen LogP contribution >= 0.6 is 0 Å². The summed E-state index contributed by atoms with van der Waals surface area (Å²) in [5.74, 6) is 0.476. The highest BCUT2D eigenvalue weighted by Gasteiger charge is 1.99. The van der Waals surface area contributed by atoms with Gasteiger partial charge in [-0.2, -0.15) is 0 Å². The Morgan fingerprint density at radius 2 is 1.61 bits per heavy atom. The first-order chi connectivity index (χ1) is 8.90. The Balaban J connectivity index is 2.26. The molecule has 1 N–H and O–H groups in total. The predicted molar refractivity (Wildman–Crippen MR) is 71.4 cm³/mol. The second kappa shape index (κ2) is 6.15. The molecule has 0 radical (unpaired) electrons. The lowest BCUT2D eigenvalue weighted by Gasteiger charge is -1.98. The molecule has 88 valence electrons. The van der Waals surface area contributed by atoms with Crippen molar-refractivity contribution in [2.75, 3.05) is 0 Å². The maximum Gasteiger partial charge on any atom is 0.160 e. The summed E-state index contributed by atoms with van der Waals surface area (Å²) in [5.41, 5.74) is 1.75. The smallest absolute Gasteiger partial charge is 0.160 e. The molecule has 0 fully saturated rings. The molecule has 5 nitrogen and oxygen atoms in total. The van der Waals surface area contributed by atoms with Crippen LogP contribution in [0.3, 0.4) is 0 Å². The van der Waals surface area contributed by atoms with Crippen LogP contribution in [0.2, 0.25) is 0 Å². The summed E-state index contributed by atoms with van der Waals surface area (Å²) in [4.78, 5) is 16.1. The molecule has 0 aliphatic rings. The minimum atomic E-state index is 0.476. The summed E-state index contributed by atoms with van der Waals surface area (Å²) in [5, 5.41) is 7.05. The fourth-order valence-electron chi connectivity index (χ4n) is 1.33. The Labute approximate surface area is 104 Å². The highest BCUT2D eigenvalue weighted by molar-refractivity contribution is 6.07. The molecule has 0 bridgehead atoms. The third-order valence-electron chi connectivity index (χ3n) is 2.17. The summed E-state index contributed by atoms with van der Waals surface area (Å²) in [6.45, 7) is 0. The fraction of sp³-hybridized carbons (Fsp3) is 0. The van der Waals surface area contributed by atoms with Gasteiger partial charge in [0.05, 0.1) is 0 Å². The SMILES string of the molecule is N=CN=C(N=Cc1ccncc1)c1ccncc1. The number of aliphatic imine (C=N–C) groups is 2. The highest BCUT2D eigenvalue weighted by Crippen LogP contribution is 2.01. The number of amidine groups is 1. The molecule has 0 aliphatic heterocycles. The second-order valence-corrected chi connectivity index (χ2v) is 3.36. The zero-order valence-corrected chi connectivity index (χ0v) is 9.56. The monoisotopic (exact) mass is 237 g/mol. The van der Waals surface area contributed by atoms with Crippen LogP contribution in [0.5, 0.6) is 0 Å². The highest BCUT2D eigenvalue weighted by atomic mass is 14.9. The van der Waals surface area contributed by atoms with Gasteiger partial charge in [-0.15, -0.1) is 0 Å². The summed E-state index contributed by atoms with van der Waals surface area (Å²) >= 11 is 0. The molecule has 0 amide bonds. The van der Waals surface area contributed by atoms with Crippen LogP contribution in [0, 0.1) is 5.41 Å². The number of nitrogens with zero attached hydrogens (tertiary/aromatic N) is 4. The number of hydrogen-bond acceptors (Lipinski definition) is 3. The quantitative estimate of drug-likeness (QED) is 0.654. The Morgan fingerprint density at radius 1 is 1.00 bits per heavy atom. The fourth-order valence-corrected chi connectivity index (χ4v) is 1.33. The minimum Gasteiger partial charge on any atom is -0.289 e. The lowest BCUT2D eigenvalue weighted by molar-refractivity contribution is 1.31. The van der Waals surface area contributed by atoms with E-state index in [-0.39, 0.29) is 0 Å². The van der Waals surface area contributed by atoms with Crippen LogP contribution in [-0.2, 0) is 0 Å². The topological polar surface area (TPSA) is 74.3 Å². The molecule has 2 heterocycles. The van der Waals surface area contributed by atoms with E-state index in [1.165, 1.54) is 0 Å². The average molecular weight is 237 g/mol. The number of aromatic nitrogens is 2. The van der Waals surface area contributed by atoms with Crippen LogP contribution in [0.4, 0.5) is 0 Å². The molecule has 0 atom stereocenters. The average Bonchev–Trinajstić information content (AvgIpc) is 2.45. The maximum atomic E-state index is 7.05. The van der Waals surface area contributed by atoms with Crippen LogP contribution in [-0.4, -0.2) is 28.4 Å². The van der Waals surface area contributed by atoms with Crippen molar-refractivity contribution in [1.82, 2.24) is 9.97 Å². The van der Waals surface area contributed by atoms with Crippen molar-refractivity contribution in [2.45, 2.75) is 0 Å². The van der Waals surface area contributed by atoms with Gasteiger partial charge in [-0.05, 0) is 29.8 Å². The van der Waals surface area contributed by atoms with Gasteiger partial charge < -0.3 is 0 Å². The molecular weight excluding hydrogens is 226 g/mol. The third kappa shape index (κ3) is 3.15. The van der Waals surface area contributed by atoms with E-state index in [0.717, 1.165) is 17.5 Å². The molecule has 0 aromatic carbocycles. The molecule has 0 saturated carbocycles. The van der Waals surface area contributed by atoms with E-state index < -0.39 is 0 Å². The van der Waals surface area contributed by atoms with Gasteiger partial charge in [0.1, 0.15) is 6.34 Å². The van der Waals surface area contributed by atoms with Crippen molar-refractivity contribution in [3.63, 3.8) is 0 Å². The summed E-state index contributed by atoms with van der Waals surface area (Å²) in [6, 6.07) is 7.29. The maximum absolute atomic E-state index is 7.05. The van der Waals surface area contributed by atoms with Crippen LogP contribution in [0.1, 0.15) is 11.1 Å². The largest absolute Gasteiger partial charge is 0.289 e. The summed E-state index contributed by atoms with van der Waals surface area (Å²) in [7, 11) is 0. The molecule has 0 saturated heterocycles. The normalized spacial score (nSPS) is 11.7. The van der Waals surface area contributed by atoms with Crippen LogP contribution in [0.15, 0.2) is 59.0 Å². The van der Waals surface area contributed by atoms with E-state index in [0.29, 0.717) is 5.84 Å². The second-order valence-electron chi connectivity index (χ2n) is 3.36. The molecule has 0 aliphatic carbocycles. The number of pyridine rings is 2. The van der Waals surface area contributed by atoms with Gasteiger partial charge in [0.2, 0.25) is 0 Å². The molecular formula is C13H11N5. The Kier molecular flexibility index (Phi) is 4.02. The molecule has 18 heavy (non-hydrogen) atoms. The van der Waals surface area contributed by atoms with E-state index in [1.54, 1.807) is 43.1 Å². The van der Waals surface area contributed by atoms with E-state index >= 15 is 0 Å². The lowest BCUT2D eigenvalue weighted by Crippen LogP contribution is -1.98. The van der Waals surface area contributed by atoms with Gasteiger partial charge >= 0.3 is 0 Å². The van der Waals surface area contributed by atoms with Crippen molar-refractivity contribution in [2.24, 2.45) is 9.98 Å². The molecule has 2 aromatic rings. The third-order valence-corrected chi connectivity index (χ3v) is 2.17. The molecule has 2 aromatic heterocycles. The first-order valence-corrected chi connectivity index (χ1v) is 5.31.